The summed E-state index contributed by atoms with van der Waals surface area (Å²) in [7, 11) is 2.06. The molecule has 0 aromatic carbocycles. The standard InChI is InChI=1S/C13H27N3O.ClH/c1-11(2)9-15-13(17)10-16(3)12-5-4-7-14-8-6-12;/h11-12,14H,4-10H2,1-3H3,(H,15,17);1H. The van der Waals surface area contributed by atoms with Crippen LogP contribution in [0.15, 0.2) is 0 Å². The lowest BCUT2D eigenvalue weighted by molar-refractivity contribution is -0.122. The Bertz CT molecular complexity index is 228. The van der Waals surface area contributed by atoms with E-state index in [9.17, 15) is 4.79 Å². The Balaban J connectivity index is 0.00000289. The summed E-state index contributed by atoms with van der Waals surface area (Å²) in [4.78, 5) is 13.9. The van der Waals surface area contributed by atoms with Gasteiger partial charge in [-0.1, -0.05) is 13.8 Å². The summed E-state index contributed by atoms with van der Waals surface area (Å²) in [6.45, 7) is 7.71. The zero-order chi connectivity index (χ0) is 12.7. The van der Waals surface area contributed by atoms with Crippen molar-refractivity contribution in [1.82, 2.24) is 15.5 Å². The second kappa shape index (κ2) is 9.59. The fraction of sp³-hybridized carbons (Fsp3) is 0.923. The Kier molecular flexibility index (Phi) is 9.42. The monoisotopic (exact) mass is 277 g/mol. The summed E-state index contributed by atoms with van der Waals surface area (Å²) in [6.07, 6.45) is 3.55. The molecule has 0 spiro atoms. The topological polar surface area (TPSA) is 44.4 Å². The molecule has 1 fully saturated rings. The number of hydrogen-bond acceptors (Lipinski definition) is 3. The fourth-order valence-corrected chi connectivity index (χ4v) is 2.17. The molecule has 0 bridgehead atoms. The Labute approximate surface area is 117 Å². The molecule has 1 aliphatic rings. The van der Waals surface area contributed by atoms with Crippen molar-refractivity contribution >= 4 is 18.3 Å². The van der Waals surface area contributed by atoms with Crippen molar-refractivity contribution in [3.8, 4) is 0 Å². The van der Waals surface area contributed by atoms with E-state index in [2.05, 4.69) is 36.4 Å². The summed E-state index contributed by atoms with van der Waals surface area (Å²) in [5.74, 6) is 0.671. The first-order chi connectivity index (χ1) is 8.09. The maximum absolute atomic E-state index is 11.7. The highest BCUT2D eigenvalue weighted by molar-refractivity contribution is 5.85. The van der Waals surface area contributed by atoms with Crippen molar-refractivity contribution in [2.75, 3.05) is 33.2 Å². The minimum absolute atomic E-state index is 0. The number of amides is 1. The van der Waals surface area contributed by atoms with Gasteiger partial charge in [0, 0.05) is 12.6 Å². The smallest absolute Gasteiger partial charge is 0.234 e. The van der Waals surface area contributed by atoms with E-state index in [0.717, 1.165) is 26.1 Å². The molecular formula is C13H28ClN3O. The predicted octanol–water partition coefficient (Wildman–Crippen LogP) is 1.25. The SMILES string of the molecule is CC(C)CNC(=O)CN(C)C1CCCNCC1.Cl. The number of hydrogen-bond donors (Lipinski definition) is 2. The van der Waals surface area contributed by atoms with Gasteiger partial charge in [0.2, 0.25) is 5.91 Å². The Morgan fingerprint density at radius 3 is 2.78 bits per heavy atom. The summed E-state index contributed by atoms with van der Waals surface area (Å²) < 4.78 is 0. The van der Waals surface area contributed by atoms with Crippen molar-refractivity contribution in [1.29, 1.82) is 0 Å². The molecule has 1 amide bonds. The molecular weight excluding hydrogens is 250 g/mol. The lowest BCUT2D eigenvalue weighted by Crippen LogP contribution is -2.41. The van der Waals surface area contributed by atoms with E-state index >= 15 is 0 Å². The first-order valence-electron chi connectivity index (χ1n) is 6.77. The van der Waals surface area contributed by atoms with Crippen LogP contribution >= 0.6 is 12.4 Å². The zero-order valence-corrected chi connectivity index (χ0v) is 12.7. The highest BCUT2D eigenvalue weighted by atomic mass is 35.5. The van der Waals surface area contributed by atoms with Crippen LogP contribution in [-0.2, 0) is 4.79 Å². The molecule has 1 unspecified atom stereocenters. The number of likely N-dealkylation sites (N-methyl/N-ethyl adjacent to an activating group) is 1. The molecule has 1 rings (SSSR count). The third kappa shape index (κ3) is 7.19. The van der Waals surface area contributed by atoms with Crippen LogP contribution in [-0.4, -0.2) is 50.1 Å². The first kappa shape index (κ1) is 17.7. The molecule has 1 heterocycles. The average Bonchev–Trinajstić information content (AvgIpc) is 2.54. The van der Waals surface area contributed by atoms with E-state index in [-0.39, 0.29) is 18.3 Å². The molecule has 2 N–H and O–H groups in total. The molecule has 0 aliphatic carbocycles. The molecule has 1 saturated heterocycles. The lowest BCUT2D eigenvalue weighted by atomic mass is 10.1. The molecule has 5 heteroatoms. The van der Waals surface area contributed by atoms with Crippen LogP contribution in [0, 0.1) is 5.92 Å². The summed E-state index contributed by atoms with van der Waals surface area (Å²) in [5.41, 5.74) is 0. The molecule has 0 radical (unpaired) electrons. The molecule has 0 aromatic heterocycles. The number of halogens is 1. The maximum Gasteiger partial charge on any atom is 0.234 e. The van der Waals surface area contributed by atoms with Gasteiger partial charge in [0.25, 0.3) is 0 Å². The van der Waals surface area contributed by atoms with Crippen molar-refractivity contribution in [2.45, 2.75) is 39.2 Å². The first-order valence-corrected chi connectivity index (χ1v) is 6.77. The van der Waals surface area contributed by atoms with Gasteiger partial charge < -0.3 is 10.6 Å². The molecule has 1 atom stereocenters. The van der Waals surface area contributed by atoms with Crippen molar-refractivity contribution < 1.29 is 4.79 Å². The van der Waals surface area contributed by atoms with E-state index in [1.165, 1.54) is 12.8 Å². The van der Waals surface area contributed by atoms with Crippen LogP contribution in [0.25, 0.3) is 0 Å². The van der Waals surface area contributed by atoms with Gasteiger partial charge in [0.05, 0.1) is 6.54 Å². The second-order valence-electron chi connectivity index (χ2n) is 5.45. The molecule has 18 heavy (non-hydrogen) atoms. The van der Waals surface area contributed by atoms with Crippen molar-refractivity contribution in [2.24, 2.45) is 5.92 Å². The Morgan fingerprint density at radius 2 is 2.11 bits per heavy atom. The fourth-order valence-electron chi connectivity index (χ4n) is 2.17. The lowest BCUT2D eigenvalue weighted by Gasteiger charge is -2.26. The second-order valence-corrected chi connectivity index (χ2v) is 5.45. The molecule has 4 nitrogen and oxygen atoms in total. The van der Waals surface area contributed by atoms with Crippen LogP contribution in [0.4, 0.5) is 0 Å². The van der Waals surface area contributed by atoms with Crippen molar-refractivity contribution in [3.63, 3.8) is 0 Å². The number of carbonyl (C=O) groups excluding carboxylic acids is 1. The summed E-state index contributed by atoms with van der Waals surface area (Å²) >= 11 is 0. The van der Waals surface area contributed by atoms with E-state index in [1.807, 2.05) is 0 Å². The van der Waals surface area contributed by atoms with Crippen LogP contribution in [0.3, 0.4) is 0 Å². The predicted molar refractivity (Wildman–Crippen MR) is 78.2 cm³/mol. The molecule has 0 aromatic rings. The highest BCUT2D eigenvalue weighted by Crippen LogP contribution is 2.11. The van der Waals surface area contributed by atoms with E-state index in [4.69, 9.17) is 0 Å². The Morgan fingerprint density at radius 1 is 1.39 bits per heavy atom. The Hall–Kier alpha value is -0.320. The van der Waals surface area contributed by atoms with Gasteiger partial charge in [-0.05, 0) is 45.3 Å². The van der Waals surface area contributed by atoms with Gasteiger partial charge in [-0.3, -0.25) is 9.69 Å². The third-order valence-electron chi connectivity index (χ3n) is 3.27. The highest BCUT2D eigenvalue weighted by Gasteiger charge is 2.18. The largest absolute Gasteiger partial charge is 0.355 e. The van der Waals surface area contributed by atoms with Gasteiger partial charge in [-0.2, -0.15) is 0 Å². The van der Waals surface area contributed by atoms with E-state index in [0.29, 0.717) is 18.5 Å². The minimum Gasteiger partial charge on any atom is -0.355 e. The summed E-state index contributed by atoms with van der Waals surface area (Å²) in [5, 5.41) is 6.37. The maximum atomic E-state index is 11.7. The van der Waals surface area contributed by atoms with Gasteiger partial charge in [0.1, 0.15) is 0 Å². The van der Waals surface area contributed by atoms with Crippen LogP contribution in [0.2, 0.25) is 0 Å². The number of rotatable bonds is 5. The number of nitrogens with one attached hydrogen (secondary N) is 2. The van der Waals surface area contributed by atoms with Crippen LogP contribution in [0.1, 0.15) is 33.1 Å². The average molecular weight is 278 g/mol. The third-order valence-corrected chi connectivity index (χ3v) is 3.27. The summed E-state index contributed by atoms with van der Waals surface area (Å²) in [6, 6.07) is 0.551. The zero-order valence-electron chi connectivity index (χ0n) is 11.9. The van der Waals surface area contributed by atoms with Crippen LogP contribution < -0.4 is 10.6 Å². The molecule has 0 saturated carbocycles. The normalized spacial score (nSPS) is 20.4. The van der Waals surface area contributed by atoms with Gasteiger partial charge in [-0.25, -0.2) is 0 Å². The van der Waals surface area contributed by atoms with Crippen LogP contribution in [0.5, 0.6) is 0 Å². The number of carbonyl (C=O) groups is 1. The quantitative estimate of drug-likeness (QED) is 0.795. The van der Waals surface area contributed by atoms with E-state index < -0.39 is 0 Å². The minimum atomic E-state index is 0. The molecule has 108 valence electrons. The van der Waals surface area contributed by atoms with E-state index in [1.54, 1.807) is 0 Å². The number of nitrogens with zero attached hydrogens (tertiary/aromatic N) is 1. The van der Waals surface area contributed by atoms with Gasteiger partial charge in [0.15, 0.2) is 0 Å². The van der Waals surface area contributed by atoms with Gasteiger partial charge in [-0.15, -0.1) is 12.4 Å². The van der Waals surface area contributed by atoms with Crippen molar-refractivity contribution in [3.05, 3.63) is 0 Å². The molecule has 1 aliphatic heterocycles. The van der Waals surface area contributed by atoms with Gasteiger partial charge >= 0.3 is 0 Å².